The van der Waals surface area contributed by atoms with Gasteiger partial charge < -0.3 is 14.8 Å². The van der Waals surface area contributed by atoms with E-state index in [1.54, 1.807) is 24.3 Å². The minimum absolute atomic E-state index is 0.0939. The van der Waals surface area contributed by atoms with Gasteiger partial charge in [0.2, 0.25) is 5.91 Å². The van der Waals surface area contributed by atoms with Gasteiger partial charge in [-0.05, 0) is 55.0 Å². The van der Waals surface area contributed by atoms with Crippen LogP contribution in [0.5, 0.6) is 11.5 Å². The highest BCUT2D eigenvalue weighted by Gasteiger charge is 2.04. The van der Waals surface area contributed by atoms with E-state index >= 15 is 0 Å². The Morgan fingerprint density at radius 3 is 2.17 bits per heavy atom. The van der Waals surface area contributed by atoms with Crippen LogP contribution in [0.1, 0.15) is 26.2 Å². The molecule has 0 saturated carbocycles. The molecule has 2 rings (SSSR count). The number of amides is 1. The normalized spacial score (nSPS) is 10.2. The van der Waals surface area contributed by atoms with E-state index in [0.717, 1.165) is 24.3 Å². The molecular weight excluding hydrogens is 326 g/mol. The van der Waals surface area contributed by atoms with E-state index in [2.05, 4.69) is 12.2 Å². The first-order chi connectivity index (χ1) is 11.7. The van der Waals surface area contributed by atoms with Gasteiger partial charge in [-0.1, -0.05) is 24.9 Å². The molecule has 0 aromatic heterocycles. The number of hydrogen-bond donors (Lipinski definition) is 1. The first kappa shape index (κ1) is 18.1. The van der Waals surface area contributed by atoms with Crippen LogP contribution in [0.2, 0.25) is 5.02 Å². The highest BCUT2D eigenvalue weighted by molar-refractivity contribution is 6.30. The molecule has 1 amide bonds. The van der Waals surface area contributed by atoms with E-state index in [-0.39, 0.29) is 12.3 Å². The van der Waals surface area contributed by atoms with Crippen molar-refractivity contribution in [2.75, 3.05) is 18.5 Å². The van der Waals surface area contributed by atoms with Crippen LogP contribution in [-0.4, -0.2) is 19.1 Å². The molecule has 0 aliphatic heterocycles. The van der Waals surface area contributed by atoms with Crippen LogP contribution in [0.25, 0.3) is 0 Å². The number of ether oxygens (including phenoxy) is 2. The van der Waals surface area contributed by atoms with Crippen molar-refractivity contribution >= 4 is 23.2 Å². The SMILES string of the molecule is CCCCOc1ccc(NC(=O)CCOc2ccc(Cl)cc2)cc1. The van der Waals surface area contributed by atoms with Crippen LogP contribution in [0, 0.1) is 0 Å². The Bertz CT molecular complexity index is 626. The maximum atomic E-state index is 11.9. The molecule has 24 heavy (non-hydrogen) atoms. The average Bonchev–Trinajstić information content (AvgIpc) is 2.58. The Hall–Kier alpha value is -2.20. The summed E-state index contributed by atoms with van der Waals surface area (Å²) in [5.74, 6) is 1.41. The number of hydrogen-bond acceptors (Lipinski definition) is 3. The zero-order chi connectivity index (χ0) is 17.2. The van der Waals surface area contributed by atoms with Crippen LogP contribution < -0.4 is 14.8 Å². The van der Waals surface area contributed by atoms with Gasteiger partial charge in [-0.25, -0.2) is 0 Å². The quantitative estimate of drug-likeness (QED) is 0.654. The van der Waals surface area contributed by atoms with Gasteiger partial charge in [0.25, 0.3) is 0 Å². The van der Waals surface area contributed by atoms with E-state index in [9.17, 15) is 4.79 Å². The first-order valence-electron chi connectivity index (χ1n) is 8.08. The predicted octanol–water partition coefficient (Wildman–Crippen LogP) is 4.93. The van der Waals surface area contributed by atoms with Crippen molar-refractivity contribution in [3.8, 4) is 11.5 Å². The van der Waals surface area contributed by atoms with E-state index in [4.69, 9.17) is 21.1 Å². The Morgan fingerprint density at radius 1 is 0.958 bits per heavy atom. The van der Waals surface area contributed by atoms with Gasteiger partial charge >= 0.3 is 0 Å². The third-order valence-corrected chi connectivity index (χ3v) is 3.57. The fourth-order valence-electron chi connectivity index (χ4n) is 1.98. The Balaban J connectivity index is 1.70. The molecule has 0 saturated heterocycles. The molecule has 0 spiro atoms. The summed E-state index contributed by atoms with van der Waals surface area (Å²) in [5.41, 5.74) is 0.745. The third kappa shape index (κ3) is 6.50. The van der Waals surface area contributed by atoms with Crippen molar-refractivity contribution in [2.24, 2.45) is 0 Å². The number of carbonyl (C=O) groups excluding carboxylic acids is 1. The number of unbranched alkanes of at least 4 members (excludes halogenated alkanes) is 1. The minimum Gasteiger partial charge on any atom is -0.494 e. The molecule has 2 aromatic carbocycles. The van der Waals surface area contributed by atoms with Crippen molar-refractivity contribution in [1.29, 1.82) is 0 Å². The number of halogens is 1. The molecule has 0 bridgehead atoms. The molecule has 0 radical (unpaired) electrons. The molecule has 0 unspecified atom stereocenters. The lowest BCUT2D eigenvalue weighted by atomic mass is 10.3. The molecule has 0 fully saturated rings. The second-order valence-corrected chi connectivity index (χ2v) is 5.76. The summed E-state index contributed by atoms with van der Waals surface area (Å²) < 4.78 is 11.1. The van der Waals surface area contributed by atoms with Crippen LogP contribution in [0.3, 0.4) is 0 Å². The van der Waals surface area contributed by atoms with Crippen LogP contribution in [0.4, 0.5) is 5.69 Å². The molecule has 1 N–H and O–H groups in total. The molecule has 0 atom stereocenters. The molecule has 128 valence electrons. The van der Waals surface area contributed by atoms with E-state index in [0.29, 0.717) is 24.0 Å². The minimum atomic E-state index is -0.0939. The second kappa shape index (κ2) is 9.83. The van der Waals surface area contributed by atoms with Gasteiger partial charge in [0.1, 0.15) is 11.5 Å². The van der Waals surface area contributed by atoms with E-state index < -0.39 is 0 Å². The van der Waals surface area contributed by atoms with Crippen molar-refractivity contribution in [2.45, 2.75) is 26.2 Å². The Labute approximate surface area is 147 Å². The Kier molecular flexibility index (Phi) is 7.43. The fraction of sp³-hybridized carbons (Fsp3) is 0.316. The summed E-state index contributed by atoms with van der Waals surface area (Å²) in [5, 5.41) is 3.49. The highest BCUT2D eigenvalue weighted by Crippen LogP contribution is 2.17. The lowest BCUT2D eigenvalue weighted by Gasteiger charge is -2.09. The topological polar surface area (TPSA) is 47.6 Å². The molecule has 0 aliphatic carbocycles. The molecular formula is C19H22ClNO3. The number of anilines is 1. The molecule has 5 heteroatoms. The summed E-state index contributed by atoms with van der Waals surface area (Å²) >= 11 is 5.80. The van der Waals surface area contributed by atoms with Crippen LogP contribution in [0.15, 0.2) is 48.5 Å². The lowest BCUT2D eigenvalue weighted by molar-refractivity contribution is -0.116. The molecule has 4 nitrogen and oxygen atoms in total. The van der Waals surface area contributed by atoms with E-state index in [1.807, 2.05) is 24.3 Å². The van der Waals surface area contributed by atoms with Crippen molar-refractivity contribution in [1.82, 2.24) is 0 Å². The predicted molar refractivity (Wildman–Crippen MR) is 97.0 cm³/mol. The highest BCUT2D eigenvalue weighted by atomic mass is 35.5. The maximum absolute atomic E-state index is 11.9. The standard InChI is InChI=1S/C19H22ClNO3/c1-2-3-13-23-18-10-6-16(7-11-18)21-19(22)12-14-24-17-8-4-15(20)5-9-17/h4-11H,2-3,12-14H2,1H3,(H,21,22). The third-order valence-electron chi connectivity index (χ3n) is 3.32. The zero-order valence-corrected chi connectivity index (χ0v) is 14.5. The van der Waals surface area contributed by atoms with E-state index in [1.165, 1.54) is 0 Å². The van der Waals surface area contributed by atoms with Gasteiger partial charge in [0, 0.05) is 10.7 Å². The summed E-state index contributed by atoms with van der Waals surface area (Å²) in [6.07, 6.45) is 2.41. The van der Waals surface area contributed by atoms with Gasteiger partial charge in [0.15, 0.2) is 0 Å². The lowest BCUT2D eigenvalue weighted by Crippen LogP contribution is -2.15. The monoisotopic (exact) mass is 347 g/mol. The number of carbonyl (C=O) groups is 1. The fourth-order valence-corrected chi connectivity index (χ4v) is 2.11. The summed E-state index contributed by atoms with van der Waals surface area (Å²) in [7, 11) is 0. The van der Waals surface area contributed by atoms with Gasteiger partial charge in [-0.2, -0.15) is 0 Å². The largest absolute Gasteiger partial charge is 0.494 e. The maximum Gasteiger partial charge on any atom is 0.227 e. The number of benzene rings is 2. The van der Waals surface area contributed by atoms with Crippen molar-refractivity contribution in [3.05, 3.63) is 53.6 Å². The van der Waals surface area contributed by atoms with Crippen molar-refractivity contribution in [3.63, 3.8) is 0 Å². The van der Waals surface area contributed by atoms with Gasteiger partial charge in [-0.15, -0.1) is 0 Å². The van der Waals surface area contributed by atoms with Gasteiger partial charge in [0.05, 0.1) is 19.6 Å². The zero-order valence-electron chi connectivity index (χ0n) is 13.8. The second-order valence-electron chi connectivity index (χ2n) is 5.33. The molecule has 0 heterocycles. The number of rotatable bonds is 9. The summed E-state index contributed by atoms with van der Waals surface area (Å²) in [4.78, 5) is 11.9. The Morgan fingerprint density at radius 2 is 1.54 bits per heavy atom. The van der Waals surface area contributed by atoms with Gasteiger partial charge in [-0.3, -0.25) is 4.79 Å². The number of nitrogens with one attached hydrogen (secondary N) is 1. The molecule has 0 aliphatic rings. The summed E-state index contributed by atoms with van der Waals surface area (Å²) in [6, 6.07) is 14.4. The average molecular weight is 348 g/mol. The summed E-state index contributed by atoms with van der Waals surface area (Å²) in [6.45, 7) is 3.15. The molecule has 2 aromatic rings. The van der Waals surface area contributed by atoms with Crippen LogP contribution >= 0.6 is 11.6 Å². The smallest absolute Gasteiger partial charge is 0.227 e. The first-order valence-corrected chi connectivity index (χ1v) is 8.46. The van der Waals surface area contributed by atoms with Crippen LogP contribution in [-0.2, 0) is 4.79 Å². The van der Waals surface area contributed by atoms with Crippen molar-refractivity contribution < 1.29 is 14.3 Å².